The van der Waals surface area contributed by atoms with Crippen molar-refractivity contribution in [2.45, 2.75) is 45.7 Å². The Bertz CT molecular complexity index is 629. The lowest BCUT2D eigenvalue weighted by atomic mass is 9.83. The summed E-state index contributed by atoms with van der Waals surface area (Å²) in [6.45, 7) is 10.0. The van der Waals surface area contributed by atoms with E-state index >= 15 is 0 Å². The van der Waals surface area contributed by atoms with Crippen LogP contribution in [-0.4, -0.2) is 31.3 Å². The minimum absolute atomic E-state index is 0.273. The molecule has 4 heteroatoms. The molecule has 120 valence electrons. The molecule has 0 saturated carbocycles. The van der Waals surface area contributed by atoms with Gasteiger partial charge in [0.25, 0.3) is 0 Å². The lowest BCUT2D eigenvalue weighted by molar-refractivity contribution is -0.146. The average Bonchev–Trinajstić information content (AvgIpc) is 2.44. The molecule has 0 unspecified atom stereocenters. The standard InChI is InChI=1S/C18H25NO3/c1-12-11-17(2,3)19(18(4,5)16(20)22-7)15-13(12)9-8-10-14(15)21-6/h8-11H,1-7H3. The number of anilines is 1. The second-order valence-electron chi connectivity index (χ2n) is 6.72. The van der Waals surface area contributed by atoms with Crippen LogP contribution in [-0.2, 0) is 9.53 Å². The summed E-state index contributed by atoms with van der Waals surface area (Å²) in [6.07, 6.45) is 2.18. The lowest BCUT2D eigenvalue weighted by Gasteiger charge is -2.50. The van der Waals surface area contributed by atoms with Crippen molar-refractivity contribution in [2.24, 2.45) is 0 Å². The van der Waals surface area contributed by atoms with Gasteiger partial charge in [-0.3, -0.25) is 0 Å². The molecule has 1 aromatic rings. The number of ether oxygens (including phenoxy) is 2. The Kier molecular flexibility index (Phi) is 3.98. The van der Waals surface area contributed by atoms with Gasteiger partial charge in [-0.15, -0.1) is 0 Å². The highest BCUT2D eigenvalue weighted by atomic mass is 16.5. The predicted octanol–water partition coefficient (Wildman–Crippen LogP) is 3.65. The van der Waals surface area contributed by atoms with Crippen LogP contribution in [0.4, 0.5) is 5.69 Å². The van der Waals surface area contributed by atoms with Gasteiger partial charge < -0.3 is 14.4 Å². The Morgan fingerprint density at radius 2 is 1.86 bits per heavy atom. The van der Waals surface area contributed by atoms with E-state index in [4.69, 9.17) is 9.47 Å². The lowest BCUT2D eigenvalue weighted by Crippen LogP contribution is -2.60. The largest absolute Gasteiger partial charge is 0.495 e. The van der Waals surface area contributed by atoms with E-state index in [1.165, 1.54) is 12.7 Å². The van der Waals surface area contributed by atoms with Crippen molar-refractivity contribution in [3.05, 3.63) is 29.8 Å². The Morgan fingerprint density at radius 1 is 1.23 bits per heavy atom. The second-order valence-corrected chi connectivity index (χ2v) is 6.72. The number of rotatable bonds is 3. The van der Waals surface area contributed by atoms with E-state index < -0.39 is 5.54 Å². The fourth-order valence-corrected chi connectivity index (χ4v) is 3.54. The van der Waals surface area contributed by atoms with E-state index in [2.05, 4.69) is 37.8 Å². The van der Waals surface area contributed by atoms with Crippen LogP contribution < -0.4 is 9.64 Å². The normalized spacial score (nSPS) is 16.7. The maximum atomic E-state index is 12.4. The summed E-state index contributed by atoms with van der Waals surface area (Å²) in [7, 11) is 3.07. The molecular formula is C18H25NO3. The molecule has 2 rings (SSSR count). The number of allylic oxidation sites excluding steroid dienone is 1. The topological polar surface area (TPSA) is 38.8 Å². The highest BCUT2D eigenvalue weighted by molar-refractivity contribution is 5.92. The SMILES string of the molecule is COC(=O)C(C)(C)N1c2c(OC)cccc2C(C)=CC1(C)C. The van der Waals surface area contributed by atoms with E-state index in [-0.39, 0.29) is 11.5 Å². The first-order valence-electron chi connectivity index (χ1n) is 7.42. The number of methoxy groups -OCH3 is 2. The first kappa shape index (κ1) is 16.4. The molecule has 0 bridgehead atoms. The van der Waals surface area contributed by atoms with Crippen LogP contribution in [0, 0.1) is 0 Å². The first-order valence-corrected chi connectivity index (χ1v) is 7.42. The molecule has 0 radical (unpaired) electrons. The van der Waals surface area contributed by atoms with Gasteiger partial charge in [0.15, 0.2) is 0 Å². The maximum absolute atomic E-state index is 12.4. The molecule has 1 aromatic carbocycles. The van der Waals surface area contributed by atoms with Gasteiger partial charge in [-0.2, -0.15) is 0 Å². The van der Waals surface area contributed by atoms with E-state index in [1.54, 1.807) is 7.11 Å². The number of hydrogen-bond acceptors (Lipinski definition) is 4. The number of hydrogen-bond donors (Lipinski definition) is 0. The van der Waals surface area contributed by atoms with Gasteiger partial charge in [0.05, 0.1) is 25.4 Å². The quantitative estimate of drug-likeness (QED) is 0.799. The van der Waals surface area contributed by atoms with E-state index in [9.17, 15) is 4.79 Å². The summed E-state index contributed by atoms with van der Waals surface area (Å²) in [4.78, 5) is 14.5. The fourth-order valence-electron chi connectivity index (χ4n) is 3.54. The van der Waals surface area contributed by atoms with Gasteiger partial charge in [-0.25, -0.2) is 4.79 Å². The first-order chi connectivity index (χ1) is 10.2. The van der Waals surface area contributed by atoms with E-state index in [0.29, 0.717) is 0 Å². The summed E-state index contributed by atoms with van der Waals surface area (Å²) in [5, 5.41) is 0. The molecule has 1 aliphatic rings. The summed E-state index contributed by atoms with van der Waals surface area (Å²) in [6, 6.07) is 5.95. The van der Waals surface area contributed by atoms with Gasteiger partial charge in [0.1, 0.15) is 11.3 Å². The van der Waals surface area contributed by atoms with Crippen molar-refractivity contribution in [3.8, 4) is 5.75 Å². The van der Waals surface area contributed by atoms with Crippen LogP contribution in [0.1, 0.15) is 40.2 Å². The molecule has 0 spiro atoms. The number of carbonyl (C=O) groups excluding carboxylic acids is 1. The maximum Gasteiger partial charge on any atom is 0.331 e. The van der Waals surface area contributed by atoms with Crippen LogP contribution in [0.3, 0.4) is 0 Å². The highest BCUT2D eigenvalue weighted by Gasteiger charge is 2.46. The highest BCUT2D eigenvalue weighted by Crippen LogP contribution is 2.47. The molecule has 0 saturated heterocycles. The monoisotopic (exact) mass is 303 g/mol. The molecule has 0 amide bonds. The summed E-state index contributed by atoms with van der Waals surface area (Å²) in [5.74, 6) is 0.486. The minimum Gasteiger partial charge on any atom is -0.495 e. The summed E-state index contributed by atoms with van der Waals surface area (Å²) in [5.41, 5.74) is 2.03. The van der Waals surface area contributed by atoms with E-state index in [0.717, 1.165) is 17.0 Å². The smallest absolute Gasteiger partial charge is 0.331 e. The van der Waals surface area contributed by atoms with Crippen molar-refractivity contribution >= 4 is 17.2 Å². The molecule has 22 heavy (non-hydrogen) atoms. The number of fused-ring (bicyclic) bond motifs is 1. The zero-order valence-electron chi connectivity index (χ0n) is 14.5. The Morgan fingerprint density at radius 3 is 2.41 bits per heavy atom. The van der Waals surface area contributed by atoms with Crippen molar-refractivity contribution in [1.82, 2.24) is 0 Å². The van der Waals surface area contributed by atoms with Gasteiger partial charge in [0.2, 0.25) is 0 Å². The molecule has 0 N–H and O–H groups in total. The Balaban J connectivity index is 2.77. The third-order valence-corrected chi connectivity index (χ3v) is 4.26. The van der Waals surface area contributed by atoms with Crippen LogP contribution in [0.25, 0.3) is 5.57 Å². The third-order valence-electron chi connectivity index (χ3n) is 4.26. The molecule has 0 aliphatic carbocycles. The number of esters is 1. The van der Waals surface area contributed by atoms with Gasteiger partial charge in [0, 0.05) is 5.56 Å². The van der Waals surface area contributed by atoms with Crippen LogP contribution in [0.2, 0.25) is 0 Å². The number of para-hydroxylation sites is 1. The minimum atomic E-state index is -0.821. The number of carbonyl (C=O) groups is 1. The van der Waals surface area contributed by atoms with Crippen LogP contribution in [0.15, 0.2) is 24.3 Å². The van der Waals surface area contributed by atoms with Crippen LogP contribution in [0.5, 0.6) is 5.75 Å². The number of nitrogens with zero attached hydrogens (tertiary/aromatic N) is 1. The molecule has 0 fully saturated rings. The van der Waals surface area contributed by atoms with Crippen molar-refractivity contribution < 1.29 is 14.3 Å². The van der Waals surface area contributed by atoms with E-state index in [1.807, 2.05) is 26.0 Å². The number of benzene rings is 1. The third kappa shape index (κ3) is 2.36. The summed E-state index contributed by atoms with van der Waals surface area (Å²) >= 11 is 0. The fraction of sp³-hybridized carbons (Fsp3) is 0.500. The molecular weight excluding hydrogens is 278 g/mol. The van der Waals surface area contributed by atoms with Gasteiger partial charge in [-0.1, -0.05) is 18.2 Å². The molecule has 1 heterocycles. The van der Waals surface area contributed by atoms with Crippen molar-refractivity contribution in [2.75, 3.05) is 19.1 Å². The van der Waals surface area contributed by atoms with Gasteiger partial charge in [-0.05, 0) is 46.3 Å². The molecule has 1 aliphatic heterocycles. The average molecular weight is 303 g/mol. The van der Waals surface area contributed by atoms with Crippen molar-refractivity contribution in [3.63, 3.8) is 0 Å². The van der Waals surface area contributed by atoms with Crippen LogP contribution >= 0.6 is 0 Å². The zero-order chi connectivity index (χ0) is 16.7. The predicted molar refractivity (Wildman–Crippen MR) is 89.3 cm³/mol. The molecule has 0 aromatic heterocycles. The Labute approximate surface area is 132 Å². The molecule has 4 nitrogen and oxygen atoms in total. The van der Waals surface area contributed by atoms with Crippen molar-refractivity contribution in [1.29, 1.82) is 0 Å². The van der Waals surface area contributed by atoms with Gasteiger partial charge >= 0.3 is 5.97 Å². The second kappa shape index (κ2) is 5.34. The Hall–Kier alpha value is -1.97. The molecule has 0 atom stereocenters. The summed E-state index contributed by atoms with van der Waals surface area (Å²) < 4.78 is 10.6. The zero-order valence-corrected chi connectivity index (χ0v) is 14.5.